The van der Waals surface area contributed by atoms with E-state index in [1.54, 1.807) is 12.1 Å². The molecule has 0 saturated carbocycles. The van der Waals surface area contributed by atoms with Crippen molar-refractivity contribution in [2.24, 2.45) is 0 Å². The number of carbonyl (C=O) groups is 2. The van der Waals surface area contributed by atoms with Gasteiger partial charge < -0.3 is 10.6 Å². The highest BCUT2D eigenvalue weighted by Gasteiger charge is 2.08. The van der Waals surface area contributed by atoms with Gasteiger partial charge in [-0.1, -0.05) is 35.9 Å². The number of hydrogen-bond acceptors (Lipinski definition) is 2. The smallest absolute Gasteiger partial charge is 0.251 e. The normalized spacial score (nSPS) is 10.1. The average Bonchev–Trinajstić information content (AvgIpc) is 2.51. The number of amides is 2. The highest BCUT2D eigenvalue weighted by atomic mass is 16.2. The molecule has 2 N–H and O–H groups in total. The maximum Gasteiger partial charge on any atom is 0.251 e. The Kier molecular flexibility index (Phi) is 5.31. The number of hydrogen-bond donors (Lipinski definition) is 2. The minimum atomic E-state index is -0.131. The molecule has 0 fully saturated rings. The summed E-state index contributed by atoms with van der Waals surface area (Å²) >= 11 is 0. The van der Waals surface area contributed by atoms with E-state index >= 15 is 0 Å². The van der Waals surface area contributed by atoms with Crippen LogP contribution in [0.2, 0.25) is 0 Å². The second-order valence-electron chi connectivity index (χ2n) is 5.20. The Hall–Kier alpha value is -2.62. The largest absolute Gasteiger partial charge is 0.350 e. The lowest BCUT2D eigenvalue weighted by molar-refractivity contribution is 0.0927. The number of aryl methyl sites for hydroxylation is 2. The van der Waals surface area contributed by atoms with Crippen LogP contribution < -0.4 is 10.6 Å². The molecule has 2 aromatic rings. The fourth-order valence-electron chi connectivity index (χ4n) is 2.16. The molecule has 0 atom stereocenters. The molecule has 0 aliphatic carbocycles. The van der Waals surface area contributed by atoms with Gasteiger partial charge in [-0.2, -0.15) is 0 Å². The molecule has 0 unspecified atom stereocenters. The van der Waals surface area contributed by atoms with E-state index in [1.165, 1.54) is 0 Å². The van der Waals surface area contributed by atoms with E-state index in [0.717, 1.165) is 11.1 Å². The number of nitrogens with one attached hydrogen (secondary N) is 2. The van der Waals surface area contributed by atoms with Gasteiger partial charge >= 0.3 is 0 Å². The fourth-order valence-corrected chi connectivity index (χ4v) is 2.16. The van der Waals surface area contributed by atoms with E-state index in [4.69, 9.17) is 0 Å². The van der Waals surface area contributed by atoms with Gasteiger partial charge in [0.05, 0.1) is 0 Å². The van der Waals surface area contributed by atoms with E-state index in [9.17, 15) is 9.59 Å². The lowest BCUT2D eigenvalue weighted by atomic mass is 10.1. The topological polar surface area (TPSA) is 58.2 Å². The molecule has 114 valence electrons. The standard InChI is InChI=1S/C18H20N2O2/c1-13-6-5-8-15(12-13)17(21)19-10-11-20-18(22)16-9-4-3-7-14(16)2/h3-9,12H,10-11H2,1-2H3,(H,19,21)(H,20,22). The van der Waals surface area contributed by atoms with E-state index in [0.29, 0.717) is 24.2 Å². The van der Waals surface area contributed by atoms with Gasteiger partial charge in [-0.3, -0.25) is 9.59 Å². The molecule has 0 aliphatic rings. The Bertz CT molecular complexity index is 680. The summed E-state index contributed by atoms with van der Waals surface area (Å²) in [4.78, 5) is 23.9. The summed E-state index contributed by atoms with van der Waals surface area (Å²) in [6, 6.07) is 14.8. The van der Waals surface area contributed by atoms with Crippen LogP contribution >= 0.6 is 0 Å². The molecule has 2 rings (SSSR count). The van der Waals surface area contributed by atoms with Crippen molar-refractivity contribution >= 4 is 11.8 Å². The second-order valence-corrected chi connectivity index (χ2v) is 5.20. The van der Waals surface area contributed by atoms with Gasteiger partial charge in [0.15, 0.2) is 0 Å². The third-order valence-corrected chi connectivity index (χ3v) is 3.37. The summed E-state index contributed by atoms with van der Waals surface area (Å²) in [5, 5.41) is 5.60. The Balaban J connectivity index is 1.79. The van der Waals surface area contributed by atoms with Crippen LogP contribution in [0.4, 0.5) is 0 Å². The van der Waals surface area contributed by atoms with Crippen molar-refractivity contribution in [3.63, 3.8) is 0 Å². The third kappa shape index (κ3) is 4.19. The number of carbonyl (C=O) groups excluding carboxylic acids is 2. The summed E-state index contributed by atoms with van der Waals surface area (Å²) in [5.74, 6) is -0.253. The van der Waals surface area contributed by atoms with E-state index < -0.39 is 0 Å². The first-order valence-electron chi connectivity index (χ1n) is 7.26. The van der Waals surface area contributed by atoms with Crippen LogP contribution in [-0.4, -0.2) is 24.9 Å². The van der Waals surface area contributed by atoms with Crippen molar-refractivity contribution in [2.45, 2.75) is 13.8 Å². The molecule has 22 heavy (non-hydrogen) atoms. The lowest BCUT2D eigenvalue weighted by Crippen LogP contribution is -2.34. The van der Waals surface area contributed by atoms with Crippen LogP contribution in [0.25, 0.3) is 0 Å². The Morgan fingerprint density at radius 3 is 2.23 bits per heavy atom. The maximum absolute atomic E-state index is 12.0. The zero-order valence-electron chi connectivity index (χ0n) is 12.8. The highest BCUT2D eigenvalue weighted by molar-refractivity contribution is 5.96. The van der Waals surface area contributed by atoms with Gasteiger partial charge in [-0.25, -0.2) is 0 Å². The van der Waals surface area contributed by atoms with E-state index in [1.807, 2.05) is 50.2 Å². The predicted molar refractivity (Wildman–Crippen MR) is 87.0 cm³/mol. The molecule has 0 radical (unpaired) electrons. The van der Waals surface area contributed by atoms with Gasteiger partial charge in [0, 0.05) is 24.2 Å². The molecule has 0 aliphatic heterocycles. The molecular formula is C18H20N2O2. The molecule has 0 aromatic heterocycles. The van der Waals surface area contributed by atoms with Crippen LogP contribution in [0.15, 0.2) is 48.5 Å². The van der Waals surface area contributed by atoms with Crippen molar-refractivity contribution in [2.75, 3.05) is 13.1 Å². The summed E-state index contributed by atoms with van der Waals surface area (Å²) in [5.41, 5.74) is 3.27. The number of rotatable bonds is 5. The minimum absolute atomic E-state index is 0.122. The van der Waals surface area contributed by atoms with Gasteiger partial charge in [0.1, 0.15) is 0 Å². The fraction of sp³-hybridized carbons (Fsp3) is 0.222. The minimum Gasteiger partial charge on any atom is -0.350 e. The van der Waals surface area contributed by atoms with Crippen molar-refractivity contribution in [1.29, 1.82) is 0 Å². The first kappa shape index (κ1) is 15.8. The molecule has 0 spiro atoms. The second kappa shape index (κ2) is 7.41. The highest BCUT2D eigenvalue weighted by Crippen LogP contribution is 2.06. The van der Waals surface area contributed by atoms with Crippen LogP contribution in [0.5, 0.6) is 0 Å². The van der Waals surface area contributed by atoms with E-state index in [-0.39, 0.29) is 11.8 Å². The summed E-state index contributed by atoms with van der Waals surface area (Å²) in [7, 11) is 0. The van der Waals surface area contributed by atoms with Crippen LogP contribution in [0.1, 0.15) is 31.8 Å². The first-order valence-corrected chi connectivity index (χ1v) is 7.26. The Labute approximate surface area is 130 Å². The zero-order chi connectivity index (χ0) is 15.9. The van der Waals surface area contributed by atoms with Gasteiger partial charge in [0.2, 0.25) is 0 Å². The molecule has 2 amide bonds. The van der Waals surface area contributed by atoms with Gasteiger partial charge in [0.25, 0.3) is 11.8 Å². The van der Waals surface area contributed by atoms with Crippen molar-refractivity contribution < 1.29 is 9.59 Å². The van der Waals surface area contributed by atoms with Crippen LogP contribution in [0.3, 0.4) is 0 Å². The third-order valence-electron chi connectivity index (χ3n) is 3.37. The van der Waals surface area contributed by atoms with Crippen molar-refractivity contribution in [3.8, 4) is 0 Å². The summed E-state index contributed by atoms with van der Waals surface area (Å²) < 4.78 is 0. The van der Waals surface area contributed by atoms with Crippen molar-refractivity contribution in [1.82, 2.24) is 10.6 Å². The first-order chi connectivity index (χ1) is 10.6. The lowest BCUT2D eigenvalue weighted by Gasteiger charge is -2.09. The maximum atomic E-state index is 12.0. The zero-order valence-corrected chi connectivity index (χ0v) is 12.8. The predicted octanol–water partition coefficient (Wildman–Crippen LogP) is 2.46. The Morgan fingerprint density at radius 1 is 0.864 bits per heavy atom. The average molecular weight is 296 g/mol. The van der Waals surface area contributed by atoms with Crippen LogP contribution in [-0.2, 0) is 0 Å². The Morgan fingerprint density at radius 2 is 1.55 bits per heavy atom. The SMILES string of the molecule is Cc1cccc(C(=O)NCCNC(=O)c2ccccc2C)c1. The molecule has 4 heteroatoms. The van der Waals surface area contributed by atoms with Gasteiger partial charge in [-0.05, 0) is 37.6 Å². The number of benzene rings is 2. The van der Waals surface area contributed by atoms with Crippen LogP contribution in [0, 0.1) is 13.8 Å². The molecular weight excluding hydrogens is 276 g/mol. The molecule has 0 heterocycles. The van der Waals surface area contributed by atoms with Gasteiger partial charge in [-0.15, -0.1) is 0 Å². The monoisotopic (exact) mass is 296 g/mol. The quantitative estimate of drug-likeness (QED) is 0.833. The summed E-state index contributed by atoms with van der Waals surface area (Å²) in [6.45, 7) is 4.63. The molecule has 4 nitrogen and oxygen atoms in total. The molecule has 0 bridgehead atoms. The van der Waals surface area contributed by atoms with E-state index in [2.05, 4.69) is 10.6 Å². The van der Waals surface area contributed by atoms with Crippen molar-refractivity contribution in [3.05, 3.63) is 70.8 Å². The summed E-state index contributed by atoms with van der Waals surface area (Å²) in [6.07, 6.45) is 0. The molecule has 2 aromatic carbocycles. The molecule has 0 saturated heterocycles.